The lowest BCUT2D eigenvalue weighted by Gasteiger charge is -2.60. The second kappa shape index (κ2) is 6.70. The van der Waals surface area contributed by atoms with Crippen molar-refractivity contribution in [1.29, 1.82) is 5.26 Å². The monoisotopic (exact) mass is 355 g/mol. The number of hydrogen-bond donors (Lipinski definition) is 0. The highest BCUT2D eigenvalue weighted by atomic mass is 16.5. The number of allylic oxidation sites excluding steroid dienone is 2. The third-order valence-corrected chi connectivity index (χ3v) is 8.91. The molecule has 0 saturated heterocycles. The molecule has 0 radical (unpaired) electrons. The first-order valence-corrected chi connectivity index (χ1v) is 10.7. The van der Waals surface area contributed by atoms with Gasteiger partial charge in [0.1, 0.15) is 0 Å². The standard InChI is InChI=1S/C23H33NO2/c1-16(25)26-15-23-12-4-3-5-18(23)6-8-19-20-9-7-17(11-14-24)22(20,2)13-10-21(19)23/h11,18-21H,3-10,12-13,15H2,1-2H3/b17-11-. The van der Waals surface area contributed by atoms with E-state index in [-0.39, 0.29) is 16.8 Å². The largest absolute Gasteiger partial charge is 0.465 e. The molecule has 6 unspecified atom stereocenters. The Labute approximate surface area is 158 Å². The van der Waals surface area contributed by atoms with Gasteiger partial charge >= 0.3 is 5.97 Å². The Balaban J connectivity index is 1.65. The average Bonchev–Trinajstić information content (AvgIpc) is 2.97. The first-order valence-electron chi connectivity index (χ1n) is 10.7. The van der Waals surface area contributed by atoms with E-state index in [1.807, 2.05) is 6.08 Å². The summed E-state index contributed by atoms with van der Waals surface area (Å²) >= 11 is 0. The molecule has 0 bridgehead atoms. The summed E-state index contributed by atoms with van der Waals surface area (Å²) in [5.74, 6) is 2.81. The maximum Gasteiger partial charge on any atom is 0.302 e. The summed E-state index contributed by atoms with van der Waals surface area (Å²) in [4.78, 5) is 11.6. The van der Waals surface area contributed by atoms with Crippen molar-refractivity contribution in [2.45, 2.75) is 78.1 Å². The van der Waals surface area contributed by atoms with Crippen molar-refractivity contribution >= 4 is 5.97 Å². The first kappa shape index (κ1) is 18.1. The predicted molar refractivity (Wildman–Crippen MR) is 101 cm³/mol. The Kier molecular flexibility index (Phi) is 4.66. The molecule has 4 fully saturated rings. The molecule has 3 nitrogen and oxygen atoms in total. The summed E-state index contributed by atoms with van der Waals surface area (Å²) in [6.07, 6.45) is 14.5. The molecule has 0 aromatic heterocycles. The SMILES string of the molecule is CC(=O)OCC12CCCCC1CCC1C3CC/C(=C/C#N)C3(C)CCC12. The summed E-state index contributed by atoms with van der Waals surface area (Å²) in [7, 11) is 0. The summed E-state index contributed by atoms with van der Waals surface area (Å²) in [6, 6.07) is 2.31. The van der Waals surface area contributed by atoms with Crippen LogP contribution in [-0.2, 0) is 9.53 Å². The molecule has 4 saturated carbocycles. The first-order chi connectivity index (χ1) is 12.5. The van der Waals surface area contributed by atoms with Gasteiger partial charge in [0, 0.05) is 18.4 Å². The second-order valence-corrected chi connectivity index (χ2v) is 9.70. The summed E-state index contributed by atoms with van der Waals surface area (Å²) < 4.78 is 5.69. The van der Waals surface area contributed by atoms with Gasteiger partial charge in [-0.1, -0.05) is 25.3 Å². The Morgan fingerprint density at radius 2 is 2.04 bits per heavy atom. The van der Waals surface area contributed by atoms with Crippen LogP contribution < -0.4 is 0 Å². The van der Waals surface area contributed by atoms with Crippen LogP contribution in [0, 0.1) is 45.8 Å². The Hall–Kier alpha value is -1.30. The maximum atomic E-state index is 11.6. The molecular weight excluding hydrogens is 322 g/mol. The second-order valence-electron chi connectivity index (χ2n) is 9.70. The van der Waals surface area contributed by atoms with Gasteiger partial charge in [0.05, 0.1) is 12.7 Å². The van der Waals surface area contributed by atoms with E-state index in [0.29, 0.717) is 12.5 Å². The van der Waals surface area contributed by atoms with Gasteiger partial charge in [-0.3, -0.25) is 4.79 Å². The van der Waals surface area contributed by atoms with Crippen LogP contribution in [0.2, 0.25) is 0 Å². The van der Waals surface area contributed by atoms with Crippen LogP contribution in [0.25, 0.3) is 0 Å². The molecule has 0 heterocycles. The van der Waals surface area contributed by atoms with Gasteiger partial charge in [0.25, 0.3) is 0 Å². The number of ether oxygens (including phenoxy) is 1. The van der Waals surface area contributed by atoms with Gasteiger partial charge in [-0.05, 0) is 80.5 Å². The van der Waals surface area contributed by atoms with E-state index < -0.39 is 0 Å². The van der Waals surface area contributed by atoms with Gasteiger partial charge in [-0.2, -0.15) is 5.26 Å². The van der Waals surface area contributed by atoms with E-state index >= 15 is 0 Å². The third-order valence-electron chi connectivity index (χ3n) is 8.91. The van der Waals surface area contributed by atoms with E-state index in [1.165, 1.54) is 63.4 Å². The van der Waals surface area contributed by atoms with Crippen LogP contribution in [0.5, 0.6) is 0 Å². The predicted octanol–water partition coefficient (Wildman–Crippen LogP) is 5.41. The zero-order valence-corrected chi connectivity index (χ0v) is 16.4. The van der Waals surface area contributed by atoms with Crippen LogP contribution in [0.3, 0.4) is 0 Å². The highest BCUT2D eigenvalue weighted by molar-refractivity contribution is 5.65. The van der Waals surface area contributed by atoms with Crippen LogP contribution in [0.4, 0.5) is 0 Å². The molecule has 142 valence electrons. The van der Waals surface area contributed by atoms with Crippen molar-refractivity contribution in [2.75, 3.05) is 6.61 Å². The van der Waals surface area contributed by atoms with Crippen molar-refractivity contribution in [3.63, 3.8) is 0 Å². The van der Waals surface area contributed by atoms with Gasteiger partial charge in [0.15, 0.2) is 0 Å². The fraction of sp³-hybridized carbons (Fsp3) is 0.826. The van der Waals surface area contributed by atoms with E-state index in [2.05, 4.69) is 13.0 Å². The smallest absolute Gasteiger partial charge is 0.302 e. The molecule has 0 N–H and O–H groups in total. The molecule has 0 aromatic carbocycles. The molecule has 0 aliphatic heterocycles. The summed E-state index contributed by atoms with van der Waals surface area (Å²) in [5, 5.41) is 9.21. The molecule has 0 amide bonds. The Morgan fingerprint density at radius 1 is 1.19 bits per heavy atom. The molecule has 3 heteroatoms. The summed E-state index contributed by atoms with van der Waals surface area (Å²) in [6.45, 7) is 4.64. The van der Waals surface area contributed by atoms with Gasteiger partial charge < -0.3 is 4.74 Å². The molecule has 0 spiro atoms. The average molecular weight is 356 g/mol. The number of nitriles is 1. The van der Waals surface area contributed by atoms with Crippen molar-refractivity contribution in [1.82, 2.24) is 0 Å². The lowest BCUT2D eigenvalue weighted by molar-refractivity contribution is -0.164. The quantitative estimate of drug-likeness (QED) is 0.491. The molecule has 26 heavy (non-hydrogen) atoms. The van der Waals surface area contributed by atoms with Crippen LogP contribution in [-0.4, -0.2) is 12.6 Å². The number of hydrogen-bond acceptors (Lipinski definition) is 3. The van der Waals surface area contributed by atoms with E-state index in [4.69, 9.17) is 4.74 Å². The van der Waals surface area contributed by atoms with E-state index in [1.54, 1.807) is 6.92 Å². The number of fused-ring (bicyclic) bond motifs is 5. The minimum absolute atomic E-state index is 0.119. The Morgan fingerprint density at radius 3 is 2.81 bits per heavy atom. The van der Waals surface area contributed by atoms with E-state index in [0.717, 1.165) is 24.2 Å². The number of carbonyl (C=O) groups excluding carboxylic acids is 1. The molecule has 0 aromatic rings. The van der Waals surface area contributed by atoms with Crippen LogP contribution in [0.1, 0.15) is 78.1 Å². The van der Waals surface area contributed by atoms with E-state index in [9.17, 15) is 10.1 Å². The fourth-order valence-electron chi connectivity index (χ4n) is 7.75. The molecule has 6 atom stereocenters. The fourth-order valence-corrected chi connectivity index (χ4v) is 7.75. The number of carbonyl (C=O) groups is 1. The van der Waals surface area contributed by atoms with Crippen molar-refractivity contribution in [3.8, 4) is 6.07 Å². The third kappa shape index (κ3) is 2.63. The molecule has 4 rings (SSSR count). The highest BCUT2D eigenvalue weighted by Crippen LogP contribution is 2.67. The van der Waals surface area contributed by atoms with Gasteiger partial charge in [-0.15, -0.1) is 0 Å². The molecule has 4 aliphatic carbocycles. The minimum Gasteiger partial charge on any atom is -0.465 e. The van der Waals surface area contributed by atoms with Crippen LogP contribution in [0.15, 0.2) is 11.6 Å². The number of rotatable bonds is 2. The lowest BCUT2D eigenvalue weighted by Crippen LogP contribution is -2.55. The Bertz CT molecular complexity index is 647. The van der Waals surface area contributed by atoms with Crippen molar-refractivity contribution in [3.05, 3.63) is 11.6 Å². The number of nitrogens with zero attached hydrogens (tertiary/aromatic N) is 1. The highest BCUT2D eigenvalue weighted by Gasteiger charge is 2.60. The molecular formula is C23H33NO2. The topological polar surface area (TPSA) is 50.1 Å². The van der Waals surface area contributed by atoms with Crippen LogP contribution >= 0.6 is 0 Å². The lowest BCUT2D eigenvalue weighted by atomic mass is 9.45. The van der Waals surface area contributed by atoms with Gasteiger partial charge in [-0.25, -0.2) is 0 Å². The normalized spacial score (nSPS) is 46.0. The molecule has 4 aliphatic rings. The zero-order chi connectivity index (χ0) is 18.4. The van der Waals surface area contributed by atoms with Gasteiger partial charge in [0.2, 0.25) is 0 Å². The van der Waals surface area contributed by atoms with Crippen molar-refractivity contribution < 1.29 is 9.53 Å². The minimum atomic E-state index is -0.119. The zero-order valence-electron chi connectivity index (χ0n) is 16.4. The summed E-state index contributed by atoms with van der Waals surface area (Å²) in [5.41, 5.74) is 1.87. The number of esters is 1. The van der Waals surface area contributed by atoms with Crippen molar-refractivity contribution in [2.24, 2.45) is 34.5 Å². The maximum absolute atomic E-state index is 11.6.